The first kappa shape index (κ1) is 14.1. The van der Waals surface area contributed by atoms with Crippen LogP contribution in [-0.2, 0) is 12.8 Å². The minimum atomic E-state index is -0.123. The molecule has 0 aliphatic heterocycles. The van der Waals surface area contributed by atoms with Crippen LogP contribution in [0.15, 0.2) is 42.5 Å². The Hall–Kier alpha value is -2.29. The molecule has 0 atom stereocenters. The van der Waals surface area contributed by atoms with Crippen LogP contribution in [0.1, 0.15) is 46.0 Å². The molecule has 0 amide bonds. The molecular formula is C17H17NO2. The lowest BCUT2D eigenvalue weighted by Gasteiger charge is -2.08. The van der Waals surface area contributed by atoms with E-state index in [0.717, 1.165) is 18.4 Å². The predicted octanol–water partition coefficient (Wildman–Crippen LogP) is 3.27. The fraction of sp³-hybridized carbons (Fsp3) is 0.235. The fourth-order valence-electron chi connectivity index (χ4n) is 2.11. The number of aryl methyl sites for hydroxylation is 2. The third kappa shape index (κ3) is 3.38. The highest BCUT2D eigenvalue weighted by Crippen LogP contribution is 2.13. The van der Waals surface area contributed by atoms with E-state index in [4.69, 9.17) is 0 Å². The monoisotopic (exact) mass is 267 g/mol. The summed E-state index contributed by atoms with van der Waals surface area (Å²) in [7, 11) is 0. The maximum Gasteiger partial charge on any atom is 0.178 e. The van der Waals surface area contributed by atoms with Gasteiger partial charge in [-0.15, -0.1) is 0 Å². The molecule has 3 heteroatoms. The van der Waals surface area contributed by atoms with Crippen molar-refractivity contribution in [2.24, 2.45) is 0 Å². The van der Waals surface area contributed by atoms with Crippen molar-refractivity contribution in [1.29, 1.82) is 0 Å². The number of pyridine rings is 1. The lowest BCUT2D eigenvalue weighted by Crippen LogP contribution is -2.09. The van der Waals surface area contributed by atoms with Gasteiger partial charge in [0.05, 0.1) is 0 Å². The molecule has 2 aromatic rings. The molecule has 0 bridgehead atoms. The number of aromatic nitrogens is 1. The smallest absolute Gasteiger partial charge is 0.178 e. The largest absolute Gasteiger partial charge is 0.293 e. The Balaban J connectivity index is 2.23. The van der Waals surface area contributed by atoms with E-state index in [1.807, 2.05) is 24.3 Å². The Labute approximate surface area is 118 Å². The molecule has 0 aliphatic rings. The van der Waals surface area contributed by atoms with Crippen LogP contribution < -0.4 is 0 Å². The molecule has 1 heterocycles. The fourth-order valence-corrected chi connectivity index (χ4v) is 2.11. The number of carbonyl (C=O) groups excluding carboxylic acids is 2. The molecule has 3 nitrogen and oxygen atoms in total. The predicted molar refractivity (Wildman–Crippen MR) is 78.1 cm³/mol. The summed E-state index contributed by atoms with van der Waals surface area (Å²) < 4.78 is 0. The highest BCUT2D eigenvalue weighted by Gasteiger charge is 2.12. The molecule has 0 spiro atoms. The number of hydrogen-bond donors (Lipinski definition) is 0. The Morgan fingerprint density at radius 2 is 1.60 bits per heavy atom. The van der Waals surface area contributed by atoms with Crippen LogP contribution in [0, 0.1) is 0 Å². The minimum Gasteiger partial charge on any atom is -0.293 e. The van der Waals surface area contributed by atoms with Crippen molar-refractivity contribution in [2.45, 2.75) is 26.7 Å². The second kappa shape index (κ2) is 6.24. The van der Waals surface area contributed by atoms with Gasteiger partial charge in [-0.25, -0.2) is 4.98 Å². The number of Topliss-reactive ketones (excluding diaryl/α,β-unsaturated/α-hetero) is 2. The average Bonchev–Trinajstić information content (AvgIpc) is 2.45. The van der Waals surface area contributed by atoms with E-state index in [0.29, 0.717) is 11.4 Å². The summed E-state index contributed by atoms with van der Waals surface area (Å²) in [4.78, 5) is 27.2. The SMILES string of the molecule is CC(=O)c1ccc(CCc2ccccc2)c(C(C)=O)n1. The first-order valence-electron chi connectivity index (χ1n) is 6.63. The Kier molecular flexibility index (Phi) is 4.41. The van der Waals surface area contributed by atoms with E-state index in [-0.39, 0.29) is 11.6 Å². The van der Waals surface area contributed by atoms with Crippen molar-refractivity contribution in [3.8, 4) is 0 Å². The van der Waals surface area contributed by atoms with Crippen molar-refractivity contribution in [2.75, 3.05) is 0 Å². The summed E-state index contributed by atoms with van der Waals surface area (Å²) in [6.45, 7) is 2.94. The van der Waals surface area contributed by atoms with E-state index in [1.54, 1.807) is 6.07 Å². The Bertz CT molecular complexity index is 633. The number of hydrogen-bond acceptors (Lipinski definition) is 3. The second-order valence-electron chi connectivity index (χ2n) is 4.80. The zero-order valence-corrected chi connectivity index (χ0v) is 11.7. The standard InChI is InChI=1S/C17H17NO2/c1-12(19)16-11-10-15(17(18-16)13(2)20)9-8-14-6-4-3-5-7-14/h3-7,10-11H,8-9H2,1-2H3. The minimum absolute atomic E-state index is 0.101. The normalized spacial score (nSPS) is 10.3. The van der Waals surface area contributed by atoms with Gasteiger partial charge in [-0.05, 0) is 30.0 Å². The summed E-state index contributed by atoms with van der Waals surface area (Å²) in [5, 5.41) is 0. The van der Waals surface area contributed by atoms with Gasteiger partial charge in [-0.1, -0.05) is 36.4 Å². The molecule has 2 rings (SSSR count). The van der Waals surface area contributed by atoms with Crippen molar-refractivity contribution < 1.29 is 9.59 Å². The van der Waals surface area contributed by atoms with Gasteiger partial charge < -0.3 is 0 Å². The van der Waals surface area contributed by atoms with Gasteiger partial charge in [0.1, 0.15) is 11.4 Å². The third-order valence-electron chi connectivity index (χ3n) is 3.20. The van der Waals surface area contributed by atoms with Gasteiger partial charge in [0.2, 0.25) is 0 Å². The zero-order chi connectivity index (χ0) is 14.5. The molecule has 20 heavy (non-hydrogen) atoms. The Morgan fingerprint density at radius 1 is 0.900 bits per heavy atom. The van der Waals surface area contributed by atoms with E-state index < -0.39 is 0 Å². The van der Waals surface area contributed by atoms with Gasteiger partial charge in [-0.2, -0.15) is 0 Å². The van der Waals surface area contributed by atoms with Crippen molar-refractivity contribution >= 4 is 11.6 Å². The van der Waals surface area contributed by atoms with Gasteiger partial charge in [0.15, 0.2) is 11.6 Å². The van der Waals surface area contributed by atoms with Gasteiger partial charge in [-0.3, -0.25) is 9.59 Å². The Morgan fingerprint density at radius 3 is 2.20 bits per heavy atom. The lowest BCUT2D eigenvalue weighted by molar-refractivity contribution is 0.100. The van der Waals surface area contributed by atoms with Crippen molar-refractivity contribution in [1.82, 2.24) is 4.98 Å². The van der Waals surface area contributed by atoms with Crippen LogP contribution in [0.2, 0.25) is 0 Å². The molecule has 0 saturated heterocycles. The topological polar surface area (TPSA) is 47.0 Å². The molecular weight excluding hydrogens is 250 g/mol. The maximum absolute atomic E-state index is 11.7. The lowest BCUT2D eigenvalue weighted by atomic mass is 10.0. The van der Waals surface area contributed by atoms with E-state index >= 15 is 0 Å². The number of rotatable bonds is 5. The molecule has 0 fully saturated rings. The number of ketones is 2. The first-order chi connectivity index (χ1) is 9.58. The number of carbonyl (C=O) groups is 2. The molecule has 1 aromatic carbocycles. The summed E-state index contributed by atoms with van der Waals surface area (Å²) in [5.74, 6) is -0.224. The maximum atomic E-state index is 11.7. The molecule has 0 radical (unpaired) electrons. The van der Waals surface area contributed by atoms with Crippen LogP contribution in [0.5, 0.6) is 0 Å². The van der Waals surface area contributed by atoms with Crippen LogP contribution >= 0.6 is 0 Å². The molecule has 0 N–H and O–H groups in total. The quantitative estimate of drug-likeness (QED) is 0.781. The zero-order valence-electron chi connectivity index (χ0n) is 11.7. The highest BCUT2D eigenvalue weighted by atomic mass is 16.1. The molecule has 102 valence electrons. The van der Waals surface area contributed by atoms with Gasteiger partial charge in [0.25, 0.3) is 0 Å². The summed E-state index contributed by atoms with van der Waals surface area (Å²) in [6.07, 6.45) is 1.59. The van der Waals surface area contributed by atoms with Gasteiger partial charge in [0, 0.05) is 13.8 Å². The molecule has 0 aliphatic carbocycles. The van der Waals surface area contributed by atoms with Crippen LogP contribution in [0.4, 0.5) is 0 Å². The summed E-state index contributed by atoms with van der Waals surface area (Å²) in [6, 6.07) is 13.6. The summed E-state index contributed by atoms with van der Waals surface area (Å²) >= 11 is 0. The van der Waals surface area contributed by atoms with Crippen molar-refractivity contribution in [3.63, 3.8) is 0 Å². The molecule has 0 saturated carbocycles. The second-order valence-corrected chi connectivity index (χ2v) is 4.80. The molecule has 0 unspecified atom stereocenters. The third-order valence-corrected chi connectivity index (χ3v) is 3.20. The van der Waals surface area contributed by atoms with Crippen molar-refractivity contribution in [3.05, 3.63) is 65.0 Å². The van der Waals surface area contributed by atoms with E-state index in [2.05, 4.69) is 17.1 Å². The van der Waals surface area contributed by atoms with E-state index in [1.165, 1.54) is 19.4 Å². The van der Waals surface area contributed by atoms with Crippen LogP contribution in [0.25, 0.3) is 0 Å². The van der Waals surface area contributed by atoms with Crippen LogP contribution in [-0.4, -0.2) is 16.6 Å². The highest BCUT2D eigenvalue weighted by molar-refractivity contribution is 5.97. The number of nitrogens with zero attached hydrogens (tertiary/aromatic N) is 1. The first-order valence-corrected chi connectivity index (χ1v) is 6.63. The van der Waals surface area contributed by atoms with Crippen LogP contribution in [0.3, 0.4) is 0 Å². The average molecular weight is 267 g/mol. The van der Waals surface area contributed by atoms with E-state index in [9.17, 15) is 9.59 Å². The molecule has 1 aromatic heterocycles. The van der Waals surface area contributed by atoms with Gasteiger partial charge >= 0.3 is 0 Å². The number of benzene rings is 1. The summed E-state index contributed by atoms with van der Waals surface area (Å²) in [5.41, 5.74) is 2.87.